The van der Waals surface area contributed by atoms with Crippen molar-refractivity contribution in [3.63, 3.8) is 0 Å². The second-order valence-corrected chi connectivity index (χ2v) is 12.9. The quantitative estimate of drug-likeness (QED) is 0.360. The molecular weight excluding hydrogens is 601 g/mol. The van der Waals surface area contributed by atoms with Gasteiger partial charge in [-0.15, -0.1) is 0 Å². The molecule has 2 amide bonds. The molecule has 1 aliphatic rings. The fourth-order valence-corrected chi connectivity index (χ4v) is 6.09. The van der Waals surface area contributed by atoms with E-state index in [0.29, 0.717) is 32.2 Å². The van der Waals surface area contributed by atoms with E-state index < -0.39 is 28.5 Å². The summed E-state index contributed by atoms with van der Waals surface area (Å²) in [4.78, 5) is 28.6. The fourth-order valence-electron chi connectivity index (χ4n) is 4.54. The number of nitrogens with zero attached hydrogens (tertiary/aromatic N) is 2. The van der Waals surface area contributed by atoms with Crippen molar-refractivity contribution in [3.8, 4) is 0 Å². The number of carbonyl (C=O) groups excluding carboxylic acids is 2. The monoisotopic (exact) mass is 631 g/mol. The average Bonchev–Trinajstić information content (AvgIpc) is 2.84. The third kappa shape index (κ3) is 8.34. The highest BCUT2D eigenvalue weighted by atomic mass is 79.9. The lowest BCUT2D eigenvalue weighted by Gasteiger charge is -2.34. The minimum absolute atomic E-state index is 0.0718. The summed E-state index contributed by atoms with van der Waals surface area (Å²) in [6, 6.07) is 11.0. The molecule has 11 heteroatoms. The number of carbonyl (C=O) groups is 2. The van der Waals surface area contributed by atoms with Gasteiger partial charge in [0.25, 0.3) is 0 Å². The zero-order valence-electron chi connectivity index (χ0n) is 20.9. The Bertz CT molecular complexity index is 1220. The Labute approximate surface area is 237 Å². The lowest BCUT2D eigenvalue weighted by molar-refractivity contribution is -0.140. The van der Waals surface area contributed by atoms with Gasteiger partial charge in [-0.25, -0.2) is 8.42 Å². The molecule has 3 rings (SSSR count). The molecule has 1 fully saturated rings. The van der Waals surface area contributed by atoms with Crippen LogP contribution in [0, 0.1) is 0 Å². The van der Waals surface area contributed by atoms with Gasteiger partial charge >= 0.3 is 0 Å². The van der Waals surface area contributed by atoms with Crippen LogP contribution in [0.15, 0.2) is 46.9 Å². The van der Waals surface area contributed by atoms with Crippen molar-refractivity contribution in [2.75, 3.05) is 17.1 Å². The molecule has 0 heterocycles. The van der Waals surface area contributed by atoms with E-state index in [-0.39, 0.29) is 18.5 Å². The second kappa shape index (κ2) is 13.3. The Morgan fingerprint density at radius 3 is 2.38 bits per heavy atom. The van der Waals surface area contributed by atoms with E-state index in [4.69, 9.17) is 23.2 Å². The van der Waals surface area contributed by atoms with Crippen LogP contribution in [0.1, 0.15) is 51.0 Å². The summed E-state index contributed by atoms with van der Waals surface area (Å²) in [6.45, 7) is 1.45. The molecule has 37 heavy (non-hydrogen) atoms. The number of hydrogen-bond donors (Lipinski definition) is 1. The van der Waals surface area contributed by atoms with Crippen LogP contribution in [0.25, 0.3) is 0 Å². The summed E-state index contributed by atoms with van der Waals surface area (Å²) in [5, 5.41) is 3.83. The fraction of sp³-hybridized carbons (Fsp3) is 0.462. The van der Waals surface area contributed by atoms with Crippen LogP contribution < -0.4 is 9.62 Å². The standard InChI is InChI=1S/C26H32BrCl2N3O4S/c1-3-24(26(34)30-20-9-5-4-6-10-20)31(16-18-12-13-22(28)23(29)14-18)25(33)17-32(37(2,35)36)21-11-7-8-19(27)15-21/h7-8,11-15,20,24H,3-6,9-10,16-17H2,1-2H3,(H,30,34). The highest BCUT2D eigenvalue weighted by molar-refractivity contribution is 9.10. The maximum Gasteiger partial charge on any atom is 0.244 e. The Morgan fingerprint density at radius 2 is 1.78 bits per heavy atom. The van der Waals surface area contributed by atoms with E-state index in [1.165, 1.54) is 4.90 Å². The van der Waals surface area contributed by atoms with Crippen LogP contribution in [0.5, 0.6) is 0 Å². The first-order valence-corrected chi connectivity index (χ1v) is 15.7. The molecule has 0 saturated heterocycles. The average molecular weight is 633 g/mol. The summed E-state index contributed by atoms with van der Waals surface area (Å²) in [5.74, 6) is -0.738. The molecule has 1 aliphatic carbocycles. The molecule has 0 aliphatic heterocycles. The summed E-state index contributed by atoms with van der Waals surface area (Å²) < 4.78 is 27.1. The predicted molar refractivity (Wildman–Crippen MR) is 152 cm³/mol. The van der Waals surface area contributed by atoms with E-state index in [9.17, 15) is 18.0 Å². The molecule has 0 bridgehead atoms. The van der Waals surface area contributed by atoms with E-state index in [1.54, 1.807) is 42.5 Å². The van der Waals surface area contributed by atoms with Crippen LogP contribution in [-0.2, 0) is 26.2 Å². The first kappa shape index (κ1) is 29.7. The zero-order chi connectivity index (χ0) is 27.2. The van der Waals surface area contributed by atoms with Crippen LogP contribution in [0.3, 0.4) is 0 Å². The first-order chi connectivity index (χ1) is 17.5. The van der Waals surface area contributed by atoms with Gasteiger partial charge in [-0.3, -0.25) is 13.9 Å². The SMILES string of the molecule is CCC(C(=O)NC1CCCCC1)N(Cc1ccc(Cl)c(Cl)c1)C(=O)CN(c1cccc(Br)c1)S(C)(=O)=O. The third-order valence-corrected chi connectivity index (χ3v) is 8.82. The molecule has 1 N–H and O–H groups in total. The van der Waals surface area contributed by atoms with Gasteiger partial charge in [0.1, 0.15) is 12.6 Å². The Balaban J connectivity index is 1.93. The van der Waals surface area contributed by atoms with Crippen molar-refractivity contribution in [1.29, 1.82) is 0 Å². The largest absolute Gasteiger partial charge is 0.352 e. The molecule has 0 spiro atoms. The maximum absolute atomic E-state index is 13.8. The van der Waals surface area contributed by atoms with E-state index >= 15 is 0 Å². The van der Waals surface area contributed by atoms with Gasteiger partial charge in [0.2, 0.25) is 21.8 Å². The van der Waals surface area contributed by atoms with Crippen molar-refractivity contribution in [3.05, 3.63) is 62.5 Å². The molecule has 2 aromatic carbocycles. The first-order valence-electron chi connectivity index (χ1n) is 12.3. The van der Waals surface area contributed by atoms with Crippen molar-refractivity contribution in [2.24, 2.45) is 0 Å². The topological polar surface area (TPSA) is 86.8 Å². The third-order valence-electron chi connectivity index (χ3n) is 6.45. The van der Waals surface area contributed by atoms with Crippen LogP contribution in [-0.4, -0.2) is 50.0 Å². The minimum atomic E-state index is -3.80. The number of halogens is 3. The highest BCUT2D eigenvalue weighted by Gasteiger charge is 2.33. The van der Waals surface area contributed by atoms with E-state index in [1.807, 2.05) is 6.92 Å². The number of benzene rings is 2. The normalized spacial score (nSPS) is 15.2. The van der Waals surface area contributed by atoms with Crippen molar-refractivity contribution in [1.82, 2.24) is 10.2 Å². The number of amides is 2. The summed E-state index contributed by atoms with van der Waals surface area (Å²) in [7, 11) is -3.80. The number of rotatable bonds is 10. The van der Waals surface area contributed by atoms with Crippen molar-refractivity contribution < 1.29 is 18.0 Å². The number of hydrogen-bond acceptors (Lipinski definition) is 4. The van der Waals surface area contributed by atoms with E-state index in [0.717, 1.165) is 42.7 Å². The second-order valence-electron chi connectivity index (χ2n) is 9.29. The van der Waals surface area contributed by atoms with Crippen LogP contribution >= 0.6 is 39.1 Å². The van der Waals surface area contributed by atoms with Crippen LogP contribution in [0.4, 0.5) is 5.69 Å². The number of anilines is 1. The summed E-state index contributed by atoms with van der Waals surface area (Å²) in [5.41, 5.74) is 1.03. The molecule has 0 aromatic heterocycles. The van der Waals surface area contributed by atoms with Crippen molar-refractivity contribution in [2.45, 2.75) is 64.1 Å². The van der Waals surface area contributed by atoms with Crippen LogP contribution in [0.2, 0.25) is 10.0 Å². The Hall–Kier alpha value is -1.81. The van der Waals surface area contributed by atoms with Gasteiger partial charge in [-0.1, -0.05) is 77.5 Å². The lowest BCUT2D eigenvalue weighted by Crippen LogP contribution is -2.53. The number of sulfonamides is 1. The molecule has 7 nitrogen and oxygen atoms in total. The van der Waals surface area contributed by atoms with Gasteiger partial charge in [0, 0.05) is 17.1 Å². The molecule has 1 saturated carbocycles. The van der Waals surface area contributed by atoms with Gasteiger partial charge in [0.05, 0.1) is 22.0 Å². The maximum atomic E-state index is 13.8. The van der Waals surface area contributed by atoms with Gasteiger partial charge in [-0.05, 0) is 55.2 Å². The van der Waals surface area contributed by atoms with Crippen molar-refractivity contribution >= 4 is 66.7 Å². The van der Waals surface area contributed by atoms with Gasteiger partial charge in [0.15, 0.2) is 0 Å². The molecule has 2 aromatic rings. The minimum Gasteiger partial charge on any atom is -0.352 e. The number of nitrogens with one attached hydrogen (secondary N) is 1. The smallest absolute Gasteiger partial charge is 0.244 e. The zero-order valence-corrected chi connectivity index (χ0v) is 24.8. The summed E-state index contributed by atoms with van der Waals surface area (Å²) >= 11 is 15.6. The highest BCUT2D eigenvalue weighted by Crippen LogP contribution is 2.26. The Morgan fingerprint density at radius 1 is 1.08 bits per heavy atom. The van der Waals surface area contributed by atoms with Gasteiger partial charge < -0.3 is 10.2 Å². The predicted octanol–water partition coefficient (Wildman–Crippen LogP) is 5.78. The van der Waals surface area contributed by atoms with Gasteiger partial charge in [-0.2, -0.15) is 0 Å². The van der Waals surface area contributed by atoms with E-state index in [2.05, 4.69) is 21.2 Å². The molecule has 202 valence electrons. The molecular formula is C26H32BrCl2N3O4S. The summed E-state index contributed by atoms with van der Waals surface area (Å²) in [6.07, 6.45) is 6.51. The molecule has 1 unspecified atom stereocenters. The molecule has 0 radical (unpaired) electrons. The Kier molecular flexibility index (Phi) is 10.7. The molecule has 1 atom stereocenters. The lowest BCUT2D eigenvalue weighted by atomic mass is 9.95.